The molecule has 0 aromatic heterocycles. The summed E-state index contributed by atoms with van der Waals surface area (Å²) in [7, 11) is 3.88. The van der Waals surface area contributed by atoms with Crippen molar-refractivity contribution in [3.8, 4) is 0 Å². The summed E-state index contributed by atoms with van der Waals surface area (Å²) in [5.74, 6) is -0.423. The lowest BCUT2D eigenvalue weighted by atomic mass is 9.91. The van der Waals surface area contributed by atoms with E-state index in [0.717, 1.165) is 25.8 Å². The maximum Gasteiger partial charge on any atom is 0.235 e. The molecule has 0 saturated carbocycles. The molecule has 0 saturated heterocycles. The fourth-order valence-corrected chi connectivity index (χ4v) is 1.52. The van der Waals surface area contributed by atoms with Gasteiger partial charge in [-0.1, -0.05) is 19.8 Å². The van der Waals surface area contributed by atoms with Crippen molar-refractivity contribution in [3.63, 3.8) is 0 Å². The monoisotopic (exact) mass is 271 g/mol. The van der Waals surface area contributed by atoms with Crippen molar-refractivity contribution in [3.05, 3.63) is 0 Å². The van der Waals surface area contributed by atoms with Crippen molar-refractivity contribution in [1.29, 1.82) is 0 Å². The highest BCUT2D eigenvalue weighted by Gasteiger charge is 2.35. The third-order valence-electron chi connectivity index (χ3n) is 3.05. The van der Waals surface area contributed by atoms with Crippen LogP contribution in [0.15, 0.2) is 0 Å². The van der Waals surface area contributed by atoms with Gasteiger partial charge in [-0.15, -0.1) is 0 Å². The lowest BCUT2D eigenvalue weighted by molar-refractivity contribution is -0.141. The van der Waals surface area contributed by atoms with E-state index < -0.39 is 5.41 Å². The van der Waals surface area contributed by atoms with E-state index in [1.165, 1.54) is 0 Å². The van der Waals surface area contributed by atoms with Crippen LogP contribution in [0.4, 0.5) is 0 Å². The Morgan fingerprint density at radius 1 is 1.00 bits per heavy atom. The van der Waals surface area contributed by atoms with Crippen LogP contribution in [0.25, 0.3) is 0 Å². The molecule has 0 heterocycles. The third kappa shape index (κ3) is 7.15. The van der Waals surface area contributed by atoms with Gasteiger partial charge in [-0.3, -0.25) is 9.59 Å². The van der Waals surface area contributed by atoms with Crippen LogP contribution in [0.1, 0.15) is 40.0 Å². The first-order chi connectivity index (χ1) is 8.82. The minimum absolute atomic E-state index is 0.203. The average Bonchev–Trinajstić information content (AvgIpc) is 2.33. The minimum atomic E-state index is -1.02. The van der Waals surface area contributed by atoms with Crippen molar-refractivity contribution in [2.75, 3.05) is 33.7 Å². The van der Waals surface area contributed by atoms with Gasteiger partial charge in [0.2, 0.25) is 11.8 Å². The minimum Gasteiger partial charge on any atom is -0.355 e. The van der Waals surface area contributed by atoms with Gasteiger partial charge in [-0.2, -0.15) is 0 Å². The SMILES string of the molecule is CCCCCNC(=O)C(C)(C)C(=O)NCCN(C)C. The Hall–Kier alpha value is -1.10. The Morgan fingerprint density at radius 3 is 2.00 bits per heavy atom. The molecule has 112 valence electrons. The number of hydrogen-bond acceptors (Lipinski definition) is 3. The van der Waals surface area contributed by atoms with E-state index in [4.69, 9.17) is 0 Å². The van der Waals surface area contributed by atoms with Crippen molar-refractivity contribution in [2.45, 2.75) is 40.0 Å². The highest BCUT2D eigenvalue weighted by atomic mass is 16.2. The van der Waals surface area contributed by atoms with Gasteiger partial charge >= 0.3 is 0 Å². The normalized spacial score (nSPS) is 11.5. The van der Waals surface area contributed by atoms with Gasteiger partial charge in [-0.25, -0.2) is 0 Å². The largest absolute Gasteiger partial charge is 0.355 e. The Kier molecular flexibility index (Phi) is 8.39. The Bertz CT molecular complexity index is 288. The van der Waals surface area contributed by atoms with Crippen LogP contribution >= 0.6 is 0 Å². The van der Waals surface area contributed by atoms with Crippen LogP contribution in [0.3, 0.4) is 0 Å². The molecule has 0 aliphatic rings. The highest BCUT2D eigenvalue weighted by molar-refractivity contribution is 6.04. The van der Waals surface area contributed by atoms with Crippen LogP contribution in [0.5, 0.6) is 0 Å². The molecule has 0 aromatic rings. The molecule has 0 atom stereocenters. The van der Waals surface area contributed by atoms with Crippen molar-refractivity contribution in [2.24, 2.45) is 5.41 Å². The summed E-state index contributed by atoms with van der Waals surface area (Å²) >= 11 is 0. The summed E-state index contributed by atoms with van der Waals surface area (Å²) in [6.07, 6.45) is 3.17. The number of amides is 2. The van der Waals surface area contributed by atoms with Gasteiger partial charge in [0.25, 0.3) is 0 Å². The van der Waals surface area contributed by atoms with E-state index in [1.807, 2.05) is 19.0 Å². The number of likely N-dealkylation sites (N-methyl/N-ethyl adjacent to an activating group) is 1. The highest BCUT2D eigenvalue weighted by Crippen LogP contribution is 2.15. The van der Waals surface area contributed by atoms with E-state index in [2.05, 4.69) is 17.6 Å². The Balaban J connectivity index is 4.11. The molecular formula is C14H29N3O2. The van der Waals surface area contributed by atoms with E-state index >= 15 is 0 Å². The predicted molar refractivity (Wildman–Crippen MR) is 77.9 cm³/mol. The summed E-state index contributed by atoms with van der Waals surface area (Å²) in [6, 6.07) is 0. The molecule has 0 aliphatic carbocycles. The molecule has 0 radical (unpaired) electrons. The molecule has 0 rings (SSSR count). The zero-order chi connectivity index (χ0) is 14.9. The van der Waals surface area contributed by atoms with Crippen LogP contribution in [-0.2, 0) is 9.59 Å². The van der Waals surface area contributed by atoms with Crippen LogP contribution in [-0.4, -0.2) is 50.4 Å². The second-order valence-electron chi connectivity index (χ2n) is 5.65. The van der Waals surface area contributed by atoms with Crippen LogP contribution in [0.2, 0.25) is 0 Å². The first-order valence-electron chi connectivity index (χ1n) is 7.03. The lowest BCUT2D eigenvalue weighted by Crippen LogP contribution is -2.49. The van der Waals surface area contributed by atoms with Crippen LogP contribution < -0.4 is 10.6 Å². The number of carbonyl (C=O) groups excluding carboxylic acids is 2. The average molecular weight is 271 g/mol. The Morgan fingerprint density at radius 2 is 1.53 bits per heavy atom. The summed E-state index contributed by atoms with van der Waals surface area (Å²) in [5, 5.41) is 5.62. The van der Waals surface area contributed by atoms with Crippen molar-refractivity contribution < 1.29 is 9.59 Å². The summed E-state index contributed by atoms with van der Waals surface area (Å²) in [6.45, 7) is 7.39. The summed E-state index contributed by atoms with van der Waals surface area (Å²) in [4.78, 5) is 26.0. The standard InChI is InChI=1S/C14H29N3O2/c1-6-7-8-9-15-12(18)14(2,3)13(19)16-10-11-17(4)5/h6-11H2,1-5H3,(H,15,18)(H,16,19). The van der Waals surface area contributed by atoms with Gasteiger partial charge in [0.1, 0.15) is 5.41 Å². The number of rotatable bonds is 9. The molecule has 0 unspecified atom stereocenters. The van der Waals surface area contributed by atoms with Crippen molar-refractivity contribution in [1.82, 2.24) is 15.5 Å². The van der Waals surface area contributed by atoms with E-state index in [0.29, 0.717) is 13.1 Å². The number of nitrogens with zero attached hydrogens (tertiary/aromatic N) is 1. The maximum absolute atomic E-state index is 12.0. The number of hydrogen-bond donors (Lipinski definition) is 2. The maximum atomic E-state index is 12.0. The number of unbranched alkanes of at least 4 members (excludes halogenated alkanes) is 2. The molecule has 19 heavy (non-hydrogen) atoms. The molecule has 0 bridgehead atoms. The molecule has 2 amide bonds. The quantitative estimate of drug-likeness (QED) is 0.486. The molecule has 2 N–H and O–H groups in total. The van der Waals surface area contributed by atoms with E-state index in [1.54, 1.807) is 13.8 Å². The summed E-state index contributed by atoms with van der Waals surface area (Å²) in [5.41, 5.74) is -1.02. The fraction of sp³-hybridized carbons (Fsp3) is 0.857. The van der Waals surface area contributed by atoms with Crippen molar-refractivity contribution >= 4 is 11.8 Å². The molecule has 5 nitrogen and oxygen atoms in total. The zero-order valence-electron chi connectivity index (χ0n) is 13.0. The zero-order valence-corrected chi connectivity index (χ0v) is 13.0. The van der Waals surface area contributed by atoms with E-state index in [-0.39, 0.29) is 11.8 Å². The van der Waals surface area contributed by atoms with Gasteiger partial charge in [0, 0.05) is 19.6 Å². The molecule has 5 heteroatoms. The second-order valence-corrected chi connectivity index (χ2v) is 5.65. The molecule has 0 aromatic carbocycles. The first kappa shape index (κ1) is 17.9. The number of carbonyl (C=O) groups is 2. The van der Waals surface area contributed by atoms with Gasteiger partial charge in [0.15, 0.2) is 0 Å². The van der Waals surface area contributed by atoms with E-state index in [9.17, 15) is 9.59 Å². The fourth-order valence-electron chi connectivity index (χ4n) is 1.52. The molecular weight excluding hydrogens is 242 g/mol. The smallest absolute Gasteiger partial charge is 0.235 e. The molecule has 0 fully saturated rings. The van der Waals surface area contributed by atoms with Gasteiger partial charge < -0.3 is 15.5 Å². The third-order valence-corrected chi connectivity index (χ3v) is 3.05. The van der Waals surface area contributed by atoms with Crippen LogP contribution in [0, 0.1) is 5.41 Å². The molecule has 0 aliphatic heterocycles. The second kappa shape index (κ2) is 8.91. The lowest BCUT2D eigenvalue weighted by Gasteiger charge is -2.23. The first-order valence-corrected chi connectivity index (χ1v) is 7.03. The predicted octanol–water partition coefficient (Wildman–Crippen LogP) is 0.997. The van der Waals surface area contributed by atoms with Gasteiger partial charge in [-0.05, 0) is 34.4 Å². The summed E-state index contributed by atoms with van der Waals surface area (Å²) < 4.78 is 0. The topological polar surface area (TPSA) is 61.4 Å². The molecule has 0 spiro atoms. The van der Waals surface area contributed by atoms with Gasteiger partial charge in [0.05, 0.1) is 0 Å². The number of nitrogens with one attached hydrogen (secondary N) is 2. The Labute approximate surface area is 117 Å².